The average Bonchev–Trinajstić information content (AvgIpc) is 4.01. The first-order chi connectivity index (χ1) is 35.3. The molecule has 1 heterocycles. The van der Waals surface area contributed by atoms with E-state index in [1.165, 1.54) is 30.3 Å². The van der Waals surface area contributed by atoms with Gasteiger partial charge in [0.05, 0.1) is 55.0 Å². The normalized spacial score (nSPS) is 19.5. The van der Waals surface area contributed by atoms with Crippen molar-refractivity contribution in [3.05, 3.63) is 228 Å². The molecule has 1 aliphatic carbocycles. The summed E-state index contributed by atoms with van der Waals surface area (Å²) in [5.74, 6) is 0. The molecule has 0 saturated carbocycles. The maximum absolute atomic E-state index is 9.68. The van der Waals surface area contributed by atoms with Gasteiger partial charge in [0, 0.05) is 33.4 Å². The molecule has 1 aromatic heterocycles. The fourth-order valence-electron chi connectivity index (χ4n) is 7.17. The van der Waals surface area contributed by atoms with Crippen LogP contribution in [0.15, 0.2) is 206 Å². The molecule has 2 heteroatoms. The molecule has 2 nitrogen and oxygen atoms in total. The van der Waals surface area contributed by atoms with Crippen molar-refractivity contribution >= 4 is 38.9 Å². The van der Waals surface area contributed by atoms with Gasteiger partial charge in [0.25, 0.3) is 0 Å². The van der Waals surface area contributed by atoms with Crippen molar-refractivity contribution in [1.29, 1.82) is 0 Å². The number of fused-ring (bicyclic) bond motifs is 6. The summed E-state index contributed by atoms with van der Waals surface area (Å²) in [6, 6.07) is -4.41. The Morgan fingerprint density at radius 2 is 1.02 bits per heavy atom. The van der Waals surface area contributed by atoms with E-state index in [4.69, 9.17) is 24.7 Å². The second-order valence-corrected chi connectivity index (χ2v) is 11.5. The Balaban J connectivity index is 1.44. The molecule has 10 rings (SSSR count). The van der Waals surface area contributed by atoms with Gasteiger partial charge in [-0.1, -0.05) is 157 Å². The summed E-state index contributed by atoms with van der Waals surface area (Å²) >= 11 is 0. The maximum Gasteiger partial charge on any atom is 0.0714 e. The quantitative estimate of drug-likeness (QED) is 0.170. The van der Waals surface area contributed by atoms with Crippen LogP contribution in [-0.2, 0) is 5.41 Å². The molecule has 0 fully saturated rings. The highest BCUT2D eigenvalue weighted by molar-refractivity contribution is 6.11. The molecule has 0 aliphatic heterocycles. The Hall–Kier alpha value is -6.64. The Labute approximate surface area is 331 Å². The fraction of sp³-hybridized carbons (Fsp3) is 0.0204. The molecule has 0 unspecified atom stereocenters. The van der Waals surface area contributed by atoms with Gasteiger partial charge in [-0.3, -0.25) is 0 Å². The van der Waals surface area contributed by atoms with E-state index < -0.39 is 178 Å². The topological polar surface area (TPSA) is 8.17 Å². The minimum atomic E-state index is -2.71. The summed E-state index contributed by atoms with van der Waals surface area (Å²) < 4.78 is 217. The van der Waals surface area contributed by atoms with Crippen LogP contribution < -0.4 is 4.90 Å². The molecule has 1 aliphatic rings. The van der Waals surface area contributed by atoms with Crippen LogP contribution in [0.3, 0.4) is 0 Å². The lowest BCUT2D eigenvalue weighted by atomic mass is 9.68. The third-order valence-electron chi connectivity index (χ3n) is 9.09. The van der Waals surface area contributed by atoms with Gasteiger partial charge >= 0.3 is 0 Å². The molecule has 240 valence electrons. The number of aromatic nitrogens is 1. The van der Waals surface area contributed by atoms with Gasteiger partial charge in [-0.2, -0.15) is 0 Å². The number of para-hydroxylation sites is 3. The SMILES string of the molecule is [2H]c1c([2H])c([2H])c(N(c2ccc3c4ccccc4n(-c4cccc5c4-c4c([2H])c([2H])c([2H])c([2H])c4C5(c4c([2H])c([2H])c([2H])c([2H])c4[2H])c4c([2H])c([2H])c([2H])c([2H])c4[2H])c3c2)c2c([2H])c([2H])c([2H])c([2H])c2[2H])c([2H])c1[2H]. The fourth-order valence-corrected chi connectivity index (χ4v) is 7.17. The highest BCUT2D eigenvalue weighted by Crippen LogP contribution is 2.58. The van der Waals surface area contributed by atoms with Crippen molar-refractivity contribution in [3.63, 3.8) is 0 Å². The van der Waals surface area contributed by atoms with Crippen molar-refractivity contribution in [1.82, 2.24) is 4.57 Å². The van der Waals surface area contributed by atoms with Gasteiger partial charge in [-0.15, -0.1) is 0 Å². The predicted molar refractivity (Wildman–Crippen MR) is 213 cm³/mol. The van der Waals surface area contributed by atoms with Gasteiger partial charge in [0.2, 0.25) is 0 Å². The monoisotopic (exact) mass is 674 g/mol. The molecule has 0 radical (unpaired) electrons. The van der Waals surface area contributed by atoms with E-state index in [-0.39, 0.29) is 33.6 Å². The van der Waals surface area contributed by atoms with Crippen molar-refractivity contribution < 1.29 is 32.9 Å². The molecule has 0 atom stereocenters. The highest BCUT2D eigenvalue weighted by Gasteiger charge is 2.47. The average molecular weight is 675 g/mol. The summed E-state index contributed by atoms with van der Waals surface area (Å²) in [5.41, 5.74) is -5.83. The second-order valence-electron chi connectivity index (χ2n) is 11.5. The number of nitrogens with zero attached hydrogens (tertiary/aromatic N) is 2. The Bertz CT molecular complexity index is 3840. The molecule has 0 bridgehead atoms. The van der Waals surface area contributed by atoms with Crippen molar-refractivity contribution in [2.24, 2.45) is 0 Å². The second kappa shape index (κ2) is 11.8. The van der Waals surface area contributed by atoms with Gasteiger partial charge in [-0.05, 0) is 76.3 Å². The number of rotatable bonds is 6. The first kappa shape index (κ1) is 13.9. The third-order valence-corrected chi connectivity index (χ3v) is 9.09. The van der Waals surface area contributed by atoms with Crippen LogP contribution in [0.1, 0.15) is 55.2 Å². The smallest absolute Gasteiger partial charge is 0.0714 e. The van der Waals surface area contributed by atoms with Gasteiger partial charge in [0.15, 0.2) is 0 Å². The van der Waals surface area contributed by atoms with Crippen LogP contribution >= 0.6 is 0 Å². The molecule has 51 heavy (non-hydrogen) atoms. The standard InChI is InChI=1S/C49H34N2/c1-5-18-35(19-6-1)49(36-20-7-2-8-21-36)43-28-15-13-27-42(43)48-44(49)29-17-31-46(48)51-45-30-16-14-26-40(45)41-33-32-39(34-47(41)51)50(37-22-9-3-10-23-37)38-24-11-4-12-25-38/h1-34H/i1D,2D,3D,4D,5D,6D,7D,8D,9D,10D,11D,12D,13D,15D,18D,19D,20D,21D,22D,23D,24D,25D,27D,28D. The van der Waals surface area contributed by atoms with Crippen molar-refractivity contribution in [2.75, 3.05) is 4.90 Å². The van der Waals surface area contributed by atoms with Crippen molar-refractivity contribution in [3.8, 4) is 16.8 Å². The minimum absolute atomic E-state index is 0.0564. The summed E-state index contributed by atoms with van der Waals surface area (Å²) in [4.78, 5) is 0.963. The number of benzene rings is 8. The largest absolute Gasteiger partial charge is 0.310 e. The van der Waals surface area contributed by atoms with Crippen LogP contribution in [0.5, 0.6) is 0 Å². The van der Waals surface area contributed by atoms with Crippen LogP contribution in [0.25, 0.3) is 38.6 Å². The lowest BCUT2D eigenvalue weighted by molar-refractivity contribution is 0.768. The van der Waals surface area contributed by atoms with E-state index in [0.29, 0.717) is 16.3 Å². The van der Waals surface area contributed by atoms with Crippen LogP contribution in [0, 0.1) is 0 Å². The van der Waals surface area contributed by atoms with E-state index in [1.54, 1.807) is 34.9 Å². The van der Waals surface area contributed by atoms with Gasteiger partial charge in [0.1, 0.15) is 0 Å². The third kappa shape index (κ3) is 4.36. The van der Waals surface area contributed by atoms with E-state index in [9.17, 15) is 8.22 Å². The van der Waals surface area contributed by atoms with Gasteiger partial charge in [-0.25, -0.2) is 0 Å². The molecule has 0 amide bonds. The Kier molecular flexibility index (Phi) is 3.21. The van der Waals surface area contributed by atoms with E-state index >= 15 is 0 Å². The first-order valence-electron chi connectivity index (χ1n) is 27.7. The Morgan fingerprint density at radius 1 is 0.451 bits per heavy atom. The molecular formula is C49H34N2. The zero-order valence-corrected chi connectivity index (χ0v) is 26.2. The zero-order valence-electron chi connectivity index (χ0n) is 50.2. The maximum atomic E-state index is 9.68. The van der Waals surface area contributed by atoms with Crippen LogP contribution in [-0.4, -0.2) is 4.57 Å². The highest BCUT2D eigenvalue weighted by atomic mass is 15.1. The van der Waals surface area contributed by atoms with Crippen molar-refractivity contribution in [2.45, 2.75) is 5.41 Å². The molecule has 0 spiro atoms. The van der Waals surface area contributed by atoms with E-state index in [2.05, 4.69) is 0 Å². The summed E-state index contributed by atoms with van der Waals surface area (Å²) in [7, 11) is 0. The molecular weight excluding hydrogens is 617 g/mol. The predicted octanol–water partition coefficient (Wildman–Crippen LogP) is 12.6. The first-order valence-corrected chi connectivity index (χ1v) is 15.7. The lowest BCUT2D eigenvalue weighted by Gasteiger charge is -2.34. The van der Waals surface area contributed by atoms with E-state index in [0.717, 1.165) is 4.90 Å². The molecule has 8 aromatic carbocycles. The van der Waals surface area contributed by atoms with E-state index in [1.807, 2.05) is 0 Å². The lowest BCUT2D eigenvalue weighted by Crippen LogP contribution is -2.28. The molecule has 0 saturated heterocycles. The minimum Gasteiger partial charge on any atom is -0.310 e. The van der Waals surface area contributed by atoms with Crippen LogP contribution in [0.4, 0.5) is 17.1 Å². The summed E-state index contributed by atoms with van der Waals surface area (Å²) in [6.07, 6.45) is 0. The molecule has 0 N–H and O–H groups in total. The van der Waals surface area contributed by atoms with Gasteiger partial charge < -0.3 is 9.47 Å². The number of hydrogen-bond acceptors (Lipinski definition) is 1. The van der Waals surface area contributed by atoms with Crippen LogP contribution in [0.2, 0.25) is 0 Å². The number of anilines is 3. The summed E-state index contributed by atoms with van der Waals surface area (Å²) in [5, 5.41) is 0.981. The zero-order chi connectivity index (χ0) is 54.7. The number of hydrogen-bond donors (Lipinski definition) is 0. The molecule has 9 aromatic rings. The Morgan fingerprint density at radius 3 is 1.69 bits per heavy atom. The summed E-state index contributed by atoms with van der Waals surface area (Å²) in [6.45, 7) is 0.